The quantitative estimate of drug-likeness (QED) is 0.793. The second-order valence-electron chi connectivity index (χ2n) is 4.73. The highest BCUT2D eigenvalue weighted by Gasteiger charge is 2.33. The van der Waals surface area contributed by atoms with Gasteiger partial charge in [0.1, 0.15) is 5.25 Å². The first-order chi connectivity index (χ1) is 10.6. The molecule has 0 fully saturated rings. The van der Waals surface area contributed by atoms with Gasteiger partial charge in [0, 0.05) is 14.1 Å². The molecule has 0 aliphatic heterocycles. The zero-order valence-electron chi connectivity index (χ0n) is 12.8. The van der Waals surface area contributed by atoms with Crippen molar-refractivity contribution >= 4 is 45.1 Å². The summed E-state index contributed by atoms with van der Waals surface area (Å²) in [6.45, 7) is 1.91. The minimum atomic E-state index is -0.490. The third-order valence-corrected chi connectivity index (χ3v) is 5.85. The van der Waals surface area contributed by atoms with E-state index in [1.54, 1.807) is 25.4 Å². The Morgan fingerprint density at radius 2 is 1.91 bits per heavy atom. The number of thioether (sulfide) groups is 1. The van der Waals surface area contributed by atoms with E-state index in [9.17, 15) is 9.59 Å². The van der Waals surface area contributed by atoms with Gasteiger partial charge in [-0.3, -0.25) is 9.59 Å². The van der Waals surface area contributed by atoms with Crippen LogP contribution < -0.4 is 10.6 Å². The van der Waals surface area contributed by atoms with Crippen LogP contribution in [-0.2, 0) is 9.59 Å². The number of hydrogen-bond acceptors (Lipinski definition) is 5. The standard InChI is InChI=1S/C15H19N3O2S2/c1-4-9(13(19)16-2)12(14(20)17-3)22-15-18-10-7-5-6-8-11(10)21-15/h5-9,12H,4H2,1-3H3,(H,16,19)(H,17,20). The summed E-state index contributed by atoms with van der Waals surface area (Å²) in [4.78, 5) is 28.8. The lowest BCUT2D eigenvalue weighted by molar-refractivity contribution is -0.129. The van der Waals surface area contributed by atoms with Crippen LogP contribution in [0.1, 0.15) is 13.3 Å². The molecule has 0 spiro atoms. The van der Waals surface area contributed by atoms with Crippen LogP contribution in [0.2, 0.25) is 0 Å². The van der Waals surface area contributed by atoms with Gasteiger partial charge < -0.3 is 10.6 Å². The zero-order chi connectivity index (χ0) is 16.1. The Bertz CT molecular complexity index is 639. The van der Waals surface area contributed by atoms with Crippen molar-refractivity contribution in [2.45, 2.75) is 22.9 Å². The molecule has 22 heavy (non-hydrogen) atoms. The number of rotatable bonds is 6. The van der Waals surface area contributed by atoms with Crippen LogP contribution in [0.4, 0.5) is 0 Å². The summed E-state index contributed by atoms with van der Waals surface area (Å²) in [5.74, 6) is -0.661. The third kappa shape index (κ3) is 3.59. The van der Waals surface area contributed by atoms with E-state index in [2.05, 4.69) is 15.6 Å². The molecule has 2 rings (SSSR count). The zero-order valence-corrected chi connectivity index (χ0v) is 14.4. The number of nitrogens with zero attached hydrogens (tertiary/aromatic N) is 1. The fraction of sp³-hybridized carbons (Fsp3) is 0.400. The van der Waals surface area contributed by atoms with E-state index in [0.29, 0.717) is 6.42 Å². The smallest absolute Gasteiger partial charge is 0.234 e. The Balaban J connectivity index is 2.29. The van der Waals surface area contributed by atoms with Crippen LogP contribution >= 0.6 is 23.1 Å². The monoisotopic (exact) mass is 337 g/mol. The molecule has 0 saturated carbocycles. The van der Waals surface area contributed by atoms with Gasteiger partial charge in [-0.15, -0.1) is 11.3 Å². The molecule has 2 amide bonds. The lowest BCUT2D eigenvalue weighted by Gasteiger charge is -2.22. The fourth-order valence-electron chi connectivity index (χ4n) is 2.19. The van der Waals surface area contributed by atoms with Crippen molar-refractivity contribution in [2.75, 3.05) is 14.1 Å². The van der Waals surface area contributed by atoms with Crippen LogP contribution in [0.15, 0.2) is 28.6 Å². The Morgan fingerprint density at radius 3 is 2.50 bits per heavy atom. The van der Waals surface area contributed by atoms with Gasteiger partial charge in [0.05, 0.1) is 16.1 Å². The normalized spacial score (nSPS) is 13.6. The first kappa shape index (κ1) is 16.8. The molecule has 0 aliphatic rings. The first-order valence-corrected chi connectivity index (χ1v) is 8.75. The van der Waals surface area contributed by atoms with Gasteiger partial charge in [-0.2, -0.15) is 0 Å². The van der Waals surface area contributed by atoms with Gasteiger partial charge >= 0.3 is 0 Å². The number of carbonyl (C=O) groups is 2. The molecular formula is C15H19N3O2S2. The molecule has 1 aromatic carbocycles. The maximum atomic E-state index is 12.2. The van der Waals surface area contributed by atoms with Gasteiger partial charge in [0.25, 0.3) is 0 Å². The predicted octanol–water partition coefficient (Wildman–Crippen LogP) is 2.28. The van der Waals surface area contributed by atoms with Crippen molar-refractivity contribution in [2.24, 2.45) is 5.92 Å². The van der Waals surface area contributed by atoms with Crippen LogP contribution in [0, 0.1) is 5.92 Å². The van der Waals surface area contributed by atoms with E-state index < -0.39 is 5.25 Å². The van der Waals surface area contributed by atoms with Crippen molar-refractivity contribution in [1.82, 2.24) is 15.6 Å². The van der Waals surface area contributed by atoms with E-state index in [4.69, 9.17) is 0 Å². The lowest BCUT2D eigenvalue weighted by Crippen LogP contribution is -2.42. The molecule has 2 N–H and O–H groups in total. The lowest BCUT2D eigenvalue weighted by atomic mass is 10.0. The SMILES string of the molecule is CCC(C(=O)NC)C(Sc1nc2ccccc2s1)C(=O)NC. The molecule has 7 heteroatoms. The molecule has 1 aromatic heterocycles. The Morgan fingerprint density at radius 1 is 1.23 bits per heavy atom. The van der Waals surface area contributed by atoms with Crippen LogP contribution in [0.25, 0.3) is 10.2 Å². The molecule has 1 heterocycles. The Hall–Kier alpha value is -1.60. The number of aromatic nitrogens is 1. The number of carbonyl (C=O) groups excluding carboxylic acids is 2. The number of nitrogens with one attached hydrogen (secondary N) is 2. The van der Waals surface area contributed by atoms with Crippen LogP contribution in [-0.4, -0.2) is 36.1 Å². The van der Waals surface area contributed by atoms with E-state index in [0.717, 1.165) is 14.6 Å². The minimum Gasteiger partial charge on any atom is -0.359 e. The second-order valence-corrected chi connectivity index (χ2v) is 7.15. The predicted molar refractivity (Wildman–Crippen MR) is 91.2 cm³/mol. The summed E-state index contributed by atoms with van der Waals surface area (Å²) < 4.78 is 1.88. The van der Waals surface area contributed by atoms with Crippen molar-refractivity contribution < 1.29 is 9.59 Å². The second kappa shape index (κ2) is 7.60. The maximum Gasteiger partial charge on any atom is 0.234 e. The minimum absolute atomic E-state index is 0.121. The highest BCUT2D eigenvalue weighted by Crippen LogP contribution is 2.35. The number of benzene rings is 1. The van der Waals surface area contributed by atoms with Crippen LogP contribution in [0.5, 0.6) is 0 Å². The van der Waals surface area contributed by atoms with E-state index >= 15 is 0 Å². The number of fused-ring (bicyclic) bond motifs is 1. The summed E-state index contributed by atoms with van der Waals surface area (Å²) in [6, 6.07) is 7.85. The molecule has 2 aromatic rings. The Labute approximate surface area is 137 Å². The van der Waals surface area contributed by atoms with Gasteiger partial charge in [0.2, 0.25) is 11.8 Å². The molecular weight excluding hydrogens is 318 g/mol. The molecule has 0 saturated heterocycles. The number of para-hydroxylation sites is 1. The largest absolute Gasteiger partial charge is 0.359 e. The fourth-order valence-corrected chi connectivity index (χ4v) is 4.74. The summed E-state index contributed by atoms with van der Waals surface area (Å²) >= 11 is 2.90. The van der Waals surface area contributed by atoms with Gasteiger partial charge in [-0.05, 0) is 18.6 Å². The van der Waals surface area contributed by atoms with Gasteiger partial charge in [-0.25, -0.2) is 4.98 Å². The molecule has 5 nitrogen and oxygen atoms in total. The first-order valence-electron chi connectivity index (χ1n) is 7.06. The molecule has 2 unspecified atom stereocenters. The average molecular weight is 337 g/mol. The molecule has 0 radical (unpaired) electrons. The molecule has 118 valence electrons. The van der Waals surface area contributed by atoms with Crippen molar-refractivity contribution in [3.05, 3.63) is 24.3 Å². The maximum absolute atomic E-state index is 12.2. The highest BCUT2D eigenvalue weighted by atomic mass is 32.2. The average Bonchev–Trinajstić information content (AvgIpc) is 2.95. The Kier molecular flexibility index (Phi) is 5.79. The van der Waals surface area contributed by atoms with E-state index in [-0.39, 0.29) is 17.7 Å². The van der Waals surface area contributed by atoms with Crippen LogP contribution in [0.3, 0.4) is 0 Å². The van der Waals surface area contributed by atoms with Gasteiger partial charge in [0.15, 0.2) is 4.34 Å². The summed E-state index contributed by atoms with van der Waals surface area (Å²) in [5, 5.41) is 4.80. The van der Waals surface area contributed by atoms with Gasteiger partial charge in [-0.1, -0.05) is 30.8 Å². The number of amides is 2. The number of thiazole rings is 1. The van der Waals surface area contributed by atoms with Crippen molar-refractivity contribution in [1.29, 1.82) is 0 Å². The van der Waals surface area contributed by atoms with E-state index in [1.807, 2.05) is 31.2 Å². The van der Waals surface area contributed by atoms with Crippen molar-refractivity contribution in [3.63, 3.8) is 0 Å². The number of hydrogen-bond donors (Lipinski definition) is 2. The van der Waals surface area contributed by atoms with E-state index in [1.165, 1.54) is 11.8 Å². The summed E-state index contributed by atoms with van der Waals surface area (Å²) in [5.41, 5.74) is 0.915. The summed E-state index contributed by atoms with van der Waals surface area (Å²) in [6.07, 6.45) is 0.593. The topological polar surface area (TPSA) is 71.1 Å². The van der Waals surface area contributed by atoms with Crippen molar-refractivity contribution in [3.8, 4) is 0 Å². The molecule has 2 atom stereocenters. The summed E-state index contributed by atoms with van der Waals surface area (Å²) in [7, 11) is 3.18. The third-order valence-electron chi connectivity index (χ3n) is 3.40. The molecule has 0 bridgehead atoms. The highest BCUT2D eigenvalue weighted by molar-refractivity contribution is 8.02. The molecule has 0 aliphatic carbocycles.